The Morgan fingerprint density at radius 2 is 2.17 bits per heavy atom. The predicted octanol–water partition coefficient (Wildman–Crippen LogP) is 3.37. The van der Waals surface area contributed by atoms with Gasteiger partial charge in [-0.1, -0.05) is 11.6 Å². The number of carbonyl (C=O) groups excluding carboxylic acids is 2. The minimum atomic E-state index is -0.266. The van der Waals surface area contributed by atoms with Crippen molar-refractivity contribution in [3.63, 3.8) is 0 Å². The number of rotatable bonds is 4. The second-order valence-electron chi connectivity index (χ2n) is 5.31. The van der Waals surface area contributed by atoms with E-state index in [2.05, 4.69) is 22.6 Å². The summed E-state index contributed by atoms with van der Waals surface area (Å²) in [6, 6.07) is 3.36. The third-order valence-electron chi connectivity index (χ3n) is 3.80. The summed E-state index contributed by atoms with van der Waals surface area (Å²) in [5.74, 6) is -0.188. The lowest BCUT2D eigenvalue weighted by Crippen LogP contribution is -2.43. The van der Waals surface area contributed by atoms with Gasteiger partial charge in [0.15, 0.2) is 0 Å². The summed E-state index contributed by atoms with van der Waals surface area (Å²) in [7, 11) is 1.52. The van der Waals surface area contributed by atoms with Crippen LogP contribution in [0.15, 0.2) is 12.1 Å². The van der Waals surface area contributed by atoms with E-state index in [0.29, 0.717) is 36.0 Å². The van der Waals surface area contributed by atoms with Crippen LogP contribution in [0.25, 0.3) is 0 Å². The molecule has 1 aromatic rings. The van der Waals surface area contributed by atoms with E-state index < -0.39 is 0 Å². The normalized spacial score (nSPS) is 17.7. The van der Waals surface area contributed by atoms with Gasteiger partial charge in [-0.05, 0) is 54.5 Å². The molecule has 1 saturated heterocycles. The molecule has 1 amide bonds. The molecule has 7 heteroatoms. The highest BCUT2D eigenvalue weighted by atomic mass is 127. The first-order valence-electron chi connectivity index (χ1n) is 7.46. The molecule has 1 aromatic carbocycles. The minimum absolute atomic E-state index is 0.172. The average molecular weight is 452 g/mol. The SMILES string of the molecule is CCOC(=O)C1CCCN(C(=O)c2cc(Cl)c(I)cc2OC)C1. The standard InChI is InChI=1S/C16H19ClINO4/c1-3-23-16(21)10-5-4-6-19(9-10)15(20)11-7-12(17)13(18)8-14(11)22-2/h7-8,10H,3-6,9H2,1-2H3. The van der Waals surface area contributed by atoms with Gasteiger partial charge < -0.3 is 14.4 Å². The van der Waals surface area contributed by atoms with E-state index in [1.807, 2.05) is 0 Å². The molecule has 1 aliphatic rings. The number of esters is 1. The fourth-order valence-corrected chi connectivity index (χ4v) is 3.25. The van der Waals surface area contributed by atoms with E-state index in [9.17, 15) is 9.59 Å². The highest BCUT2D eigenvalue weighted by Gasteiger charge is 2.31. The maximum Gasteiger partial charge on any atom is 0.310 e. The molecule has 23 heavy (non-hydrogen) atoms. The van der Waals surface area contributed by atoms with Crippen molar-refractivity contribution in [3.05, 3.63) is 26.3 Å². The summed E-state index contributed by atoms with van der Waals surface area (Å²) in [5.41, 5.74) is 0.419. The van der Waals surface area contributed by atoms with Gasteiger partial charge in [0.25, 0.3) is 5.91 Å². The second kappa shape index (κ2) is 8.19. The molecular weight excluding hydrogens is 433 g/mol. The molecular formula is C16H19ClINO4. The number of nitrogens with zero attached hydrogens (tertiary/aromatic N) is 1. The zero-order valence-electron chi connectivity index (χ0n) is 13.1. The zero-order valence-corrected chi connectivity index (χ0v) is 16.0. The van der Waals surface area contributed by atoms with E-state index in [1.54, 1.807) is 24.0 Å². The van der Waals surface area contributed by atoms with Crippen molar-refractivity contribution in [2.45, 2.75) is 19.8 Å². The lowest BCUT2D eigenvalue weighted by Gasteiger charge is -2.32. The maximum atomic E-state index is 12.8. The fourth-order valence-electron chi connectivity index (χ4n) is 2.65. The van der Waals surface area contributed by atoms with Gasteiger partial charge in [-0.2, -0.15) is 0 Å². The molecule has 0 aromatic heterocycles. The fraction of sp³-hybridized carbons (Fsp3) is 0.500. The van der Waals surface area contributed by atoms with E-state index in [0.717, 1.165) is 16.4 Å². The monoisotopic (exact) mass is 451 g/mol. The molecule has 2 rings (SSSR count). The Labute approximate surface area is 154 Å². The summed E-state index contributed by atoms with van der Waals surface area (Å²) >= 11 is 8.23. The first-order chi connectivity index (χ1) is 11.0. The van der Waals surface area contributed by atoms with Gasteiger partial charge in [0.05, 0.1) is 30.2 Å². The third kappa shape index (κ3) is 4.29. The van der Waals surface area contributed by atoms with Crippen molar-refractivity contribution in [1.29, 1.82) is 0 Å². The summed E-state index contributed by atoms with van der Waals surface area (Å²) in [6.07, 6.45) is 1.52. The zero-order chi connectivity index (χ0) is 17.0. The maximum absolute atomic E-state index is 12.8. The van der Waals surface area contributed by atoms with Gasteiger partial charge in [-0.25, -0.2) is 0 Å². The van der Waals surface area contributed by atoms with Crippen molar-refractivity contribution in [2.75, 3.05) is 26.8 Å². The summed E-state index contributed by atoms with van der Waals surface area (Å²) in [5, 5.41) is 0.508. The molecule has 1 fully saturated rings. The first kappa shape index (κ1) is 18.3. The molecule has 126 valence electrons. The van der Waals surface area contributed by atoms with Gasteiger partial charge in [0.2, 0.25) is 0 Å². The first-order valence-corrected chi connectivity index (χ1v) is 8.92. The van der Waals surface area contributed by atoms with Crippen LogP contribution >= 0.6 is 34.2 Å². The van der Waals surface area contributed by atoms with Gasteiger partial charge in [0, 0.05) is 16.7 Å². The van der Waals surface area contributed by atoms with Crippen molar-refractivity contribution in [2.24, 2.45) is 5.92 Å². The van der Waals surface area contributed by atoms with Crippen molar-refractivity contribution < 1.29 is 19.1 Å². The number of benzene rings is 1. The number of amides is 1. The van der Waals surface area contributed by atoms with Gasteiger partial charge in [0.1, 0.15) is 5.75 Å². The number of methoxy groups -OCH3 is 1. The Kier molecular flexibility index (Phi) is 6.52. The topological polar surface area (TPSA) is 55.8 Å². The van der Waals surface area contributed by atoms with Crippen LogP contribution in [-0.2, 0) is 9.53 Å². The van der Waals surface area contributed by atoms with E-state index in [1.165, 1.54) is 7.11 Å². The third-order valence-corrected chi connectivity index (χ3v) is 5.33. The molecule has 1 unspecified atom stereocenters. The molecule has 0 saturated carbocycles. The number of carbonyl (C=O) groups is 2. The Morgan fingerprint density at radius 1 is 1.43 bits per heavy atom. The predicted molar refractivity (Wildman–Crippen MR) is 96.0 cm³/mol. The van der Waals surface area contributed by atoms with Crippen LogP contribution in [0.3, 0.4) is 0 Å². The van der Waals surface area contributed by atoms with Crippen LogP contribution in [0.2, 0.25) is 5.02 Å². The Balaban J connectivity index is 2.20. The highest BCUT2D eigenvalue weighted by molar-refractivity contribution is 14.1. The van der Waals surface area contributed by atoms with Crippen molar-refractivity contribution in [1.82, 2.24) is 4.90 Å². The Bertz CT molecular complexity index is 608. The van der Waals surface area contributed by atoms with Crippen molar-refractivity contribution >= 4 is 46.1 Å². The number of likely N-dealkylation sites (tertiary alicyclic amines) is 1. The van der Waals surface area contributed by atoms with Crippen LogP contribution < -0.4 is 4.74 Å². The smallest absolute Gasteiger partial charge is 0.310 e. The molecule has 1 heterocycles. The molecule has 5 nitrogen and oxygen atoms in total. The van der Waals surface area contributed by atoms with Crippen LogP contribution in [0.1, 0.15) is 30.1 Å². The van der Waals surface area contributed by atoms with Crippen LogP contribution in [-0.4, -0.2) is 43.6 Å². The van der Waals surface area contributed by atoms with Gasteiger partial charge >= 0.3 is 5.97 Å². The van der Waals surface area contributed by atoms with Crippen LogP contribution in [0, 0.1) is 9.49 Å². The lowest BCUT2D eigenvalue weighted by molar-refractivity contribution is -0.149. The summed E-state index contributed by atoms with van der Waals surface area (Å²) < 4.78 is 11.2. The summed E-state index contributed by atoms with van der Waals surface area (Å²) in [6.45, 7) is 3.11. The number of halogens is 2. The summed E-state index contributed by atoms with van der Waals surface area (Å²) in [4.78, 5) is 26.4. The second-order valence-corrected chi connectivity index (χ2v) is 6.88. The largest absolute Gasteiger partial charge is 0.496 e. The highest BCUT2D eigenvalue weighted by Crippen LogP contribution is 2.30. The minimum Gasteiger partial charge on any atom is -0.496 e. The van der Waals surface area contributed by atoms with E-state index in [-0.39, 0.29) is 17.8 Å². The molecule has 0 radical (unpaired) electrons. The number of hydrogen-bond acceptors (Lipinski definition) is 4. The molecule has 1 aliphatic heterocycles. The Morgan fingerprint density at radius 3 is 2.83 bits per heavy atom. The quantitative estimate of drug-likeness (QED) is 0.520. The lowest BCUT2D eigenvalue weighted by atomic mass is 9.97. The van der Waals surface area contributed by atoms with Gasteiger partial charge in [-0.3, -0.25) is 9.59 Å². The average Bonchev–Trinajstić information content (AvgIpc) is 2.56. The van der Waals surface area contributed by atoms with Crippen LogP contribution in [0.4, 0.5) is 0 Å². The van der Waals surface area contributed by atoms with E-state index in [4.69, 9.17) is 21.1 Å². The molecule has 0 aliphatic carbocycles. The van der Waals surface area contributed by atoms with E-state index >= 15 is 0 Å². The van der Waals surface area contributed by atoms with Crippen LogP contribution in [0.5, 0.6) is 5.75 Å². The number of piperidine rings is 1. The van der Waals surface area contributed by atoms with Gasteiger partial charge in [-0.15, -0.1) is 0 Å². The molecule has 0 N–H and O–H groups in total. The molecule has 0 bridgehead atoms. The number of hydrogen-bond donors (Lipinski definition) is 0. The molecule has 1 atom stereocenters. The van der Waals surface area contributed by atoms with Crippen molar-refractivity contribution in [3.8, 4) is 5.75 Å². The molecule has 0 spiro atoms. The Hall–Kier alpha value is -1.02. The number of ether oxygens (including phenoxy) is 2.